The fourth-order valence-corrected chi connectivity index (χ4v) is 3.03. The second-order valence-corrected chi connectivity index (χ2v) is 6.64. The summed E-state index contributed by atoms with van der Waals surface area (Å²) in [6.07, 6.45) is 0. The molecule has 5 nitrogen and oxygen atoms in total. The van der Waals surface area contributed by atoms with E-state index in [1.165, 1.54) is 0 Å². The van der Waals surface area contributed by atoms with E-state index in [0.29, 0.717) is 6.54 Å². The molecule has 0 saturated heterocycles. The molecule has 0 bridgehead atoms. The molecule has 132 valence electrons. The first-order chi connectivity index (χ1) is 12.7. The Morgan fingerprint density at radius 1 is 0.846 bits per heavy atom. The maximum atomic E-state index is 11.8. The third-order valence-electron chi connectivity index (χ3n) is 3.70. The van der Waals surface area contributed by atoms with Crippen molar-refractivity contribution in [3.05, 3.63) is 77.0 Å². The molecule has 1 aromatic heterocycles. The van der Waals surface area contributed by atoms with Gasteiger partial charge < -0.3 is 10.6 Å². The average molecular weight is 365 g/mol. The molecule has 3 N–H and O–H groups in total. The highest BCUT2D eigenvalue weighted by Gasteiger charge is 2.07. The van der Waals surface area contributed by atoms with E-state index in [4.69, 9.17) is 0 Å². The van der Waals surface area contributed by atoms with Gasteiger partial charge in [-0.2, -0.15) is 0 Å². The third-order valence-corrected chi connectivity index (χ3v) is 4.58. The van der Waals surface area contributed by atoms with Gasteiger partial charge in [-0.05, 0) is 34.7 Å². The Bertz CT molecular complexity index is 847. The molecule has 0 fully saturated rings. The largest absolute Gasteiger partial charge is 0.376 e. The number of rotatable bonds is 6. The van der Waals surface area contributed by atoms with Crippen LogP contribution in [0.15, 0.2) is 72.1 Å². The smallest absolute Gasteiger partial charge is 0.321 e. The van der Waals surface area contributed by atoms with Crippen molar-refractivity contribution in [1.29, 1.82) is 0 Å². The zero-order valence-electron chi connectivity index (χ0n) is 14.1. The molecular formula is C20H19N3O2S. The molecule has 0 aliphatic heterocycles. The number of urea groups is 1. The summed E-state index contributed by atoms with van der Waals surface area (Å²) >= 11 is 1.55. The number of hydrogen-bond donors (Lipinski definition) is 3. The average Bonchev–Trinajstić information content (AvgIpc) is 3.19. The molecule has 1 heterocycles. The van der Waals surface area contributed by atoms with Crippen molar-refractivity contribution in [3.8, 4) is 11.1 Å². The van der Waals surface area contributed by atoms with E-state index in [2.05, 4.69) is 16.0 Å². The normalized spacial score (nSPS) is 10.2. The molecule has 0 radical (unpaired) electrons. The zero-order valence-corrected chi connectivity index (χ0v) is 14.9. The van der Waals surface area contributed by atoms with Crippen LogP contribution in [0.2, 0.25) is 0 Å². The summed E-state index contributed by atoms with van der Waals surface area (Å²) in [6, 6.07) is 21.2. The molecule has 3 rings (SSSR count). The van der Waals surface area contributed by atoms with Crippen LogP contribution in [0.25, 0.3) is 11.1 Å². The second-order valence-electron chi connectivity index (χ2n) is 5.61. The van der Waals surface area contributed by atoms with Crippen LogP contribution in [0.1, 0.15) is 4.88 Å². The molecular weight excluding hydrogens is 346 g/mol. The molecule has 0 spiro atoms. The predicted octanol–water partition coefficient (Wildman–Crippen LogP) is 3.85. The summed E-state index contributed by atoms with van der Waals surface area (Å²) in [5, 5.41) is 9.90. The molecule has 0 aliphatic carbocycles. The van der Waals surface area contributed by atoms with Gasteiger partial charge >= 0.3 is 6.03 Å². The van der Waals surface area contributed by atoms with Crippen LogP contribution in [0.4, 0.5) is 10.5 Å². The molecule has 0 unspecified atom stereocenters. The van der Waals surface area contributed by atoms with E-state index < -0.39 is 6.03 Å². The van der Waals surface area contributed by atoms with Crippen molar-refractivity contribution in [2.24, 2.45) is 0 Å². The van der Waals surface area contributed by atoms with Gasteiger partial charge in [0.05, 0.1) is 13.1 Å². The number of benzene rings is 2. The van der Waals surface area contributed by atoms with Gasteiger partial charge in [-0.15, -0.1) is 11.3 Å². The van der Waals surface area contributed by atoms with E-state index >= 15 is 0 Å². The van der Waals surface area contributed by atoms with Crippen molar-refractivity contribution in [3.63, 3.8) is 0 Å². The van der Waals surface area contributed by atoms with Crippen LogP contribution >= 0.6 is 11.3 Å². The fraction of sp³-hybridized carbons (Fsp3) is 0.100. The van der Waals surface area contributed by atoms with E-state index in [1.54, 1.807) is 11.3 Å². The lowest BCUT2D eigenvalue weighted by molar-refractivity contribution is -0.118. The first kappa shape index (κ1) is 17.7. The summed E-state index contributed by atoms with van der Waals surface area (Å²) < 4.78 is 0. The SMILES string of the molecule is O=C(CNc1ccc(-c2ccccc2)cc1)NC(=O)NCc1cccs1. The summed E-state index contributed by atoms with van der Waals surface area (Å²) in [4.78, 5) is 24.6. The molecule has 3 aromatic rings. The summed E-state index contributed by atoms with van der Waals surface area (Å²) in [5.74, 6) is -0.388. The van der Waals surface area contributed by atoms with Crippen molar-refractivity contribution in [1.82, 2.24) is 10.6 Å². The van der Waals surface area contributed by atoms with Crippen LogP contribution in [0, 0.1) is 0 Å². The van der Waals surface area contributed by atoms with Gasteiger partial charge in [-0.25, -0.2) is 4.79 Å². The molecule has 3 amide bonds. The van der Waals surface area contributed by atoms with Crippen LogP contribution in [-0.4, -0.2) is 18.5 Å². The third kappa shape index (κ3) is 5.19. The Labute approximate surface area is 156 Å². The lowest BCUT2D eigenvalue weighted by atomic mass is 10.1. The van der Waals surface area contributed by atoms with Crippen LogP contribution in [0.5, 0.6) is 0 Å². The topological polar surface area (TPSA) is 70.2 Å². The van der Waals surface area contributed by atoms with Crippen LogP contribution in [0.3, 0.4) is 0 Å². The molecule has 6 heteroatoms. The Morgan fingerprint density at radius 3 is 2.27 bits per heavy atom. The molecule has 0 aliphatic rings. The van der Waals surface area contributed by atoms with Gasteiger partial charge in [0.1, 0.15) is 0 Å². The summed E-state index contributed by atoms with van der Waals surface area (Å²) in [5.41, 5.74) is 3.06. The molecule has 0 saturated carbocycles. The van der Waals surface area contributed by atoms with Gasteiger partial charge in [-0.1, -0.05) is 48.5 Å². The highest BCUT2D eigenvalue weighted by atomic mass is 32.1. The second kappa shape index (κ2) is 8.82. The molecule has 0 atom stereocenters. The lowest BCUT2D eigenvalue weighted by Gasteiger charge is -2.09. The summed E-state index contributed by atoms with van der Waals surface area (Å²) in [6.45, 7) is 0.433. The minimum Gasteiger partial charge on any atom is -0.376 e. The molecule has 26 heavy (non-hydrogen) atoms. The van der Waals surface area contributed by atoms with Gasteiger partial charge in [0, 0.05) is 10.6 Å². The number of imide groups is 1. The van der Waals surface area contributed by atoms with Gasteiger partial charge in [0.2, 0.25) is 5.91 Å². The summed E-state index contributed by atoms with van der Waals surface area (Å²) in [7, 11) is 0. The van der Waals surface area contributed by atoms with Crippen LogP contribution < -0.4 is 16.0 Å². The highest BCUT2D eigenvalue weighted by molar-refractivity contribution is 7.09. The lowest BCUT2D eigenvalue weighted by Crippen LogP contribution is -2.41. The number of hydrogen-bond acceptors (Lipinski definition) is 4. The number of thiophene rings is 1. The number of nitrogens with one attached hydrogen (secondary N) is 3. The van der Waals surface area contributed by atoms with Crippen molar-refractivity contribution < 1.29 is 9.59 Å². The fourth-order valence-electron chi connectivity index (χ4n) is 2.39. The maximum absolute atomic E-state index is 11.8. The Balaban J connectivity index is 1.43. The number of amides is 3. The van der Waals surface area contributed by atoms with Gasteiger partial charge in [-0.3, -0.25) is 10.1 Å². The quantitative estimate of drug-likeness (QED) is 0.621. The van der Waals surface area contributed by atoms with E-state index in [1.807, 2.05) is 72.1 Å². The molecule has 2 aromatic carbocycles. The zero-order chi connectivity index (χ0) is 18.2. The van der Waals surface area contributed by atoms with Gasteiger partial charge in [0.15, 0.2) is 0 Å². The maximum Gasteiger partial charge on any atom is 0.321 e. The van der Waals surface area contributed by atoms with E-state index in [9.17, 15) is 9.59 Å². The van der Waals surface area contributed by atoms with Crippen molar-refractivity contribution >= 4 is 29.0 Å². The first-order valence-corrected chi connectivity index (χ1v) is 9.08. The monoisotopic (exact) mass is 365 g/mol. The van der Waals surface area contributed by atoms with Crippen molar-refractivity contribution in [2.45, 2.75) is 6.54 Å². The Morgan fingerprint density at radius 2 is 1.58 bits per heavy atom. The van der Waals surface area contributed by atoms with E-state index in [0.717, 1.165) is 21.7 Å². The number of carbonyl (C=O) groups excluding carboxylic acids is 2. The Kier molecular flexibility index (Phi) is 6.01. The van der Waals surface area contributed by atoms with Crippen molar-refractivity contribution in [2.75, 3.05) is 11.9 Å². The van der Waals surface area contributed by atoms with Gasteiger partial charge in [0.25, 0.3) is 0 Å². The highest BCUT2D eigenvalue weighted by Crippen LogP contribution is 2.20. The Hall–Kier alpha value is -3.12. The van der Waals surface area contributed by atoms with Crippen LogP contribution in [-0.2, 0) is 11.3 Å². The van der Waals surface area contributed by atoms with E-state index in [-0.39, 0.29) is 12.5 Å². The minimum atomic E-state index is -0.496. The minimum absolute atomic E-state index is 0.0249. The number of anilines is 1. The first-order valence-electron chi connectivity index (χ1n) is 8.20. The predicted molar refractivity (Wildman–Crippen MR) is 105 cm³/mol. The standard InChI is InChI=1S/C20H19N3O2S/c24-19(23-20(25)22-13-18-7-4-12-26-18)14-21-17-10-8-16(9-11-17)15-5-2-1-3-6-15/h1-12,21H,13-14H2,(H2,22,23,24,25). The number of carbonyl (C=O) groups is 2.